The molecule has 0 saturated carbocycles. The van der Waals surface area contributed by atoms with Gasteiger partial charge in [0.15, 0.2) is 0 Å². The van der Waals surface area contributed by atoms with Crippen molar-refractivity contribution >= 4 is 31.0 Å². The monoisotopic (exact) mass is 213 g/mol. The summed E-state index contributed by atoms with van der Waals surface area (Å²) in [5.41, 5.74) is 4.91. The molecule has 0 aromatic rings. The second kappa shape index (κ2) is 5.67. The van der Waals surface area contributed by atoms with Gasteiger partial charge in [-0.15, -0.1) is 12.4 Å². The van der Waals surface area contributed by atoms with Crippen molar-refractivity contribution in [2.75, 3.05) is 5.75 Å². The third kappa shape index (κ3) is 6.76. The van der Waals surface area contributed by atoms with Crippen molar-refractivity contribution in [3.05, 3.63) is 0 Å². The van der Waals surface area contributed by atoms with E-state index in [2.05, 4.69) is 12.6 Å². The van der Waals surface area contributed by atoms with Crippen molar-refractivity contribution in [3.63, 3.8) is 0 Å². The molecule has 0 fully saturated rings. The predicted octanol–water partition coefficient (Wildman–Crippen LogP) is 1.01. The summed E-state index contributed by atoms with van der Waals surface area (Å²) < 4.78 is 4.98. The van der Waals surface area contributed by atoms with Gasteiger partial charge in [0.2, 0.25) is 0 Å². The smallest absolute Gasteiger partial charge is 0.324 e. The Kier molecular flexibility index (Phi) is 6.89. The topological polar surface area (TPSA) is 52.3 Å². The van der Waals surface area contributed by atoms with E-state index in [0.29, 0.717) is 5.75 Å². The number of halogens is 1. The van der Waals surface area contributed by atoms with Crippen LogP contribution in [0.5, 0.6) is 0 Å². The van der Waals surface area contributed by atoms with E-state index in [1.54, 1.807) is 20.8 Å². The molecule has 0 aliphatic rings. The molecule has 0 aromatic heterocycles. The molecule has 0 amide bonds. The van der Waals surface area contributed by atoms with Crippen LogP contribution >= 0.6 is 25.0 Å². The molecule has 2 N–H and O–H groups in total. The summed E-state index contributed by atoms with van der Waals surface area (Å²) in [6.07, 6.45) is 0. The van der Waals surface area contributed by atoms with Crippen LogP contribution in [0.2, 0.25) is 0 Å². The molecule has 74 valence electrons. The van der Waals surface area contributed by atoms with E-state index in [4.69, 9.17) is 10.5 Å². The minimum absolute atomic E-state index is 0. The number of esters is 1. The zero-order valence-electron chi connectivity index (χ0n) is 7.53. The molecule has 0 aliphatic carbocycles. The van der Waals surface area contributed by atoms with Crippen molar-refractivity contribution in [1.82, 2.24) is 0 Å². The minimum atomic E-state index is -0.613. The number of ether oxygens (including phenoxy) is 1. The second-order valence-electron chi connectivity index (χ2n) is 3.32. The van der Waals surface area contributed by atoms with Gasteiger partial charge in [0.05, 0.1) is 0 Å². The van der Waals surface area contributed by atoms with Crippen molar-refractivity contribution in [1.29, 1.82) is 0 Å². The Morgan fingerprint density at radius 1 is 1.58 bits per heavy atom. The highest BCUT2D eigenvalue weighted by Crippen LogP contribution is 2.07. The van der Waals surface area contributed by atoms with Gasteiger partial charge in [-0.2, -0.15) is 12.6 Å². The fourth-order valence-corrected chi connectivity index (χ4v) is 0.601. The summed E-state index contributed by atoms with van der Waals surface area (Å²) >= 11 is 3.88. The Bertz CT molecular complexity index is 147. The van der Waals surface area contributed by atoms with Crippen LogP contribution in [-0.4, -0.2) is 23.4 Å². The fourth-order valence-electron chi connectivity index (χ4n) is 0.452. The van der Waals surface area contributed by atoms with Gasteiger partial charge in [-0.05, 0) is 20.8 Å². The maximum absolute atomic E-state index is 11.0. The van der Waals surface area contributed by atoms with E-state index in [9.17, 15) is 4.79 Å². The Labute approximate surface area is 84.9 Å². The molecule has 0 radical (unpaired) electrons. The SMILES string of the molecule is CC(C)(C)OC(=O)C(N)CS.Cl. The maximum atomic E-state index is 11.0. The summed E-state index contributed by atoms with van der Waals surface area (Å²) in [5.74, 6) is -0.0814. The standard InChI is InChI=1S/C7H15NO2S.ClH/c1-7(2,3)10-6(9)5(8)4-11;/h5,11H,4,8H2,1-3H3;1H. The van der Waals surface area contributed by atoms with E-state index in [-0.39, 0.29) is 12.4 Å². The third-order valence-electron chi connectivity index (χ3n) is 0.906. The molecule has 1 atom stereocenters. The van der Waals surface area contributed by atoms with Crippen LogP contribution in [0.4, 0.5) is 0 Å². The zero-order chi connectivity index (χ0) is 9.07. The van der Waals surface area contributed by atoms with Crippen molar-refractivity contribution in [2.45, 2.75) is 32.4 Å². The van der Waals surface area contributed by atoms with Crippen LogP contribution in [0.3, 0.4) is 0 Å². The number of nitrogens with two attached hydrogens (primary N) is 1. The minimum Gasteiger partial charge on any atom is -0.459 e. The average molecular weight is 214 g/mol. The summed E-state index contributed by atoms with van der Waals surface area (Å²) in [6, 6.07) is -0.613. The molecule has 12 heavy (non-hydrogen) atoms. The number of hydrogen-bond donors (Lipinski definition) is 2. The molecule has 5 heteroatoms. The summed E-state index contributed by atoms with van der Waals surface area (Å²) in [4.78, 5) is 11.0. The average Bonchev–Trinajstić information content (AvgIpc) is 1.82. The van der Waals surface area contributed by atoms with Gasteiger partial charge in [-0.25, -0.2) is 0 Å². The first-order chi connectivity index (χ1) is 4.87. The first-order valence-corrected chi connectivity index (χ1v) is 4.09. The summed E-state index contributed by atoms with van der Waals surface area (Å²) in [7, 11) is 0. The van der Waals surface area contributed by atoms with Gasteiger partial charge in [0, 0.05) is 5.75 Å². The Balaban J connectivity index is 0. The fraction of sp³-hybridized carbons (Fsp3) is 0.857. The van der Waals surface area contributed by atoms with Crippen LogP contribution in [0, 0.1) is 0 Å². The Morgan fingerprint density at radius 3 is 2.25 bits per heavy atom. The lowest BCUT2D eigenvalue weighted by Crippen LogP contribution is -2.38. The second-order valence-corrected chi connectivity index (χ2v) is 3.69. The molecule has 0 bridgehead atoms. The van der Waals surface area contributed by atoms with Crippen molar-refractivity contribution in [2.24, 2.45) is 5.73 Å². The highest BCUT2D eigenvalue weighted by molar-refractivity contribution is 7.80. The molecule has 1 unspecified atom stereocenters. The largest absolute Gasteiger partial charge is 0.459 e. The Morgan fingerprint density at radius 2 is 2.00 bits per heavy atom. The molecule has 0 aromatic carbocycles. The van der Waals surface area contributed by atoms with Gasteiger partial charge in [-0.3, -0.25) is 4.79 Å². The highest BCUT2D eigenvalue weighted by atomic mass is 35.5. The van der Waals surface area contributed by atoms with Gasteiger partial charge in [0.25, 0.3) is 0 Å². The molecular formula is C7H16ClNO2S. The van der Waals surface area contributed by atoms with Gasteiger partial charge >= 0.3 is 5.97 Å². The number of rotatable bonds is 2. The first kappa shape index (κ1) is 14.6. The van der Waals surface area contributed by atoms with Crippen molar-refractivity contribution < 1.29 is 9.53 Å². The zero-order valence-corrected chi connectivity index (χ0v) is 9.24. The number of carbonyl (C=O) groups is 1. The maximum Gasteiger partial charge on any atom is 0.324 e. The number of carbonyl (C=O) groups excluding carboxylic acids is 1. The van der Waals surface area contributed by atoms with Crippen molar-refractivity contribution in [3.8, 4) is 0 Å². The predicted molar refractivity (Wildman–Crippen MR) is 54.9 cm³/mol. The summed E-state index contributed by atoms with van der Waals surface area (Å²) in [6.45, 7) is 5.41. The van der Waals surface area contributed by atoms with E-state index in [0.717, 1.165) is 0 Å². The van der Waals surface area contributed by atoms with Gasteiger partial charge in [-0.1, -0.05) is 0 Å². The normalized spacial score (nSPS) is 13.1. The van der Waals surface area contributed by atoms with Gasteiger partial charge in [0.1, 0.15) is 11.6 Å². The lowest BCUT2D eigenvalue weighted by Gasteiger charge is -2.21. The van der Waals surface area contributed by atoms with Crippen LogP contribution in [0.25, 0.3) is 0 Å². The molecule has 0 aliphatic heterocycles. The lowest BCUT2D eigenvalue weighted by molar-refractivity contribution is -0.155. The third-order valence-corrected chi connectivity index (χ3v) is 1.30. The molecule has 0 rings (SSSR count). The van der Waals surface area contributed by atoms with E-state index < -0.39 is 17.6 Å². The van der Waals surface area contributed by atoms with Crippen LogP contribution in [0.15, 0.2) is 0 Å². The number of hydrogen-bond acceptors (Lipinski definition) is 4. The molecule has 0 saturated heterocycles. The van der Waals surface area contributed by atoms with Crippen LogP contribution in [-0.2, 0) is 9.53 Å². The Hall–Kier alpha value is 0.0700. The lowest BCUT2D eigenvalue weighted by atomic mass is 10.2. The van der Waals surface area contributed by atoms with Crippen LogP contribution in [0.1, 0.15) is 20.8 Å². The quantitative estimate of drug-likeness (QED) is 0.532. The molecule has 3 nitrogen and oxygen atoms in total. The van der Waals surface area contributed by atoms with Gasteiger partial charge < -0.3 is 10.5 Å². The highest BCUT2D eigenvalue weighted by Gasteiger charge is 2.20. The molecular weight excluding hydrogens is 198 g/mol. The van der Waals surface area contributed by atoms with E-state index >= 15 is 0 Å². The molecule has 0 spiro atoms. The van der Waals surface area contributed by atoms with E-state index in [1.165, 1.54) is 0 Å². The van der Waals surface area contributed by atoms with E-state index in [1.807, 2.05) is 0 Å². The number of thiol groups is 1. The van der Waals surface area contributed by atoms with Crippen LogP contribution < -0.4 is 5.73 Å². The summed E-state index contributed by atoms with van der Waals surface area (Å²) in [5, 5.41) is 0. The molecule has 0 heterocycles. The first-order valence-electron chi connectivity index (χ1n) is 3.46.